The number of unbranched alkanes of at least 4 members (excludes halogenated alkanes) is 1. The molecule has 150 valence electrons. The first-order valence-electron chi connectivity index (χ1n) is 8.59. The first kappa shape index (κ1) is 21.6. The highest BCUT2D eigenvalue weighted by Gasteiger charge is 2.32. The number of aromatic nitrogens is 1. The number of alkyl halides is 3. The van der Waals surface area contributed by atoms with Crippen molar-refractivity contribution in [3.8, 4) is 11.3 Å². The average molecular weight is 405 g/mol. The van der Waals surface area contributed by atoms with Crippen LogP contribution in [0, 0.1) is 5.82 Å². The van der Waals surface area contributed by atoms with Gasteiger partial charge in [0.2, 0.25) is 0 Å². The molecule has 0 saturated heterocycles. The molecule has 0 atom stereocenters. The molecular formula is C18H23F4N3OS. The number of benzene rings is 1. The molecule has 27 heavy (non-hydrogen) atoms. The van der Waals surface area contributed by atoms with Gasteiger partial charge in [0.1, 0.15) is 5.82 Å². The molecule has 1 heterocycles. The predicted octanol–water partition coefficient (Wildman–Crippen LogP) is 4.80. The van der Waals surface area contributed by atoms with E-state index in [0.717, 1.165) is 31.5 Å². The fraction of sp³-hybridized carbons (Fsp3) is 0.500. The lowest BCUT2D eigenvalue weighted by molar-refractivity contribution is -0.137. The maximum absolute atomic E-state index is 13.8. The summed E-state index contributed by atoms with van der Waals surface area (Å²) in [6.07, 6.45) is -2.64. The van der Waals surface area contributed by atoms with E-state index in [-0.39, 0.29) is 10.7 Å². The van der Waals surface area contributed by atoms with E-state index in [4.69, 9.17) is 10.5 Å². The van der Waals surface area contributed by atoms with Gasteiger partial charge in [-0.2, -0.15) is 13.2 Å². The maximum atomic E-state index is 13.8. The monoisotopic (exact) mass is 405 g/mol. The molecule has 9 heteroatoms. The molecule has 0 bridgehead atoms. The first-order valence-corrected chi connectivity index (χ1v) is 9.40. The summed E-state index contributed by atoms with van der Waals surface area (Å²) >= 11 is 1.20. The van der Waals surface area contributed by atoms with Crippen LogP contribution in [0.25, 0.3) is 11.3 Å². The number of hydrogen-bond donors (Lipinski definition) is 1. The van der Waals surface area contributed by atoms with E-state index < -0.39 is 17.6 Å². The number of nitrogens with two attached hydrogens (primary N) is 1. The molecule has 0 radical (unpaired) electrons. The Hall–Kier alpha value is -1.71. The second-order valence-electron chi connectivity index (χ2n) is 6.17. The Morgan fingerprint density at radius 2 is 1.96 bits per heavy atom. The van der Waals surface area contributed by atoms with Crippen molar-refractivity contribution in [2.75, 3.05) is 32.5 Å². The number of anilines is 1. The van der Waals surface area contributed by atoms with E-state index in [2.05, 4.69) is 16.8 Å². The van der Waals surface area contributed by atoms with E-state index in [1.165, 1.54) is 11.3 Å². The molecule has 4 nitrogen and oxygen atoms in total. The maximum Gasteiger partial charge on any atom is 0.416 e. The minimum atomic E-state index is -4.63. The molecule has 0 aliphatic carbocycles. The standard InChI is InChI=1S/C18H23F4N3OS/c1-3-4-5-25(6-7-26-2)11-15-16(24-17(23)27-15)12-8-13(18(20,21)22)10-14(19)9-12/h8-10H,3-7,11H2,1-2H3,(H2,23,24). The lowest BCUT2D eigenvalue weighted by atomic mass is 10.1. The van der Waals surface area contributed by atoms with Crippen molar-refractivity contribution in [2.45, 2.75) is 32.5 Å². The summed E-state index contributed by atoms with van der Waals surface area (Å²) in [6, 6.07) is 2.44. The second kappa shape index (κ2) is 9.48. The lowest BCUT2D eigenvalue weighted by Crippen LogP contribution is -2.28. The Labute approximate surface area is 160 Å². The number of nitrogens with zero attached hydrogens (tertiary/aromatic N) is 2. The van der Waals surface area contributed by atoms with Crippen molar-refractivity contribution in [3.63, 3.8) is 0 Å². The van der Waals surface area contributed by atoms with Gasteiger partial charge in [-0.15, -0.1) is 11.3 Å². The normalized spacial score (nSPS) is 12.1. The van der Waals surface area contributed by atoms with E-state index >= 15 is 0 Å². The molecule has 1 aromatic heterocycles. The van der Waals surface area contributed by atoms with Crippen LogP contribution < -0.4 is 5.73 Å². The number of thiazole rings is 1. The Balaban J connectivity index is 2.35. The van der Waals surface area contributed by atoms with Crippen LogP contribution >= 0.6 is 11.3 Å². The highest BCUT2D eigenvalue weighted by Crippen LogP contribution is 2.36. The molecule has 2 N–H and O–H groups in total. The van der Waals surface area contributed by atoms with Crippen molar-refractivity contribution >= 4 is 16.5 Å². The van der Waals surface area contributed by atoms with E-state index in [1.54, 1.807) is 7.11 Å². The van der Waals surface area contributed by atoms with Crippen molar-refractivity contribution in [2.24, 2.45) is 0 Å². The van der Waals surface area contributed by atoms with Crippen molar-refractivity contribution < 1.29 is 22.3 Å². The van der Waals surface area contributed by atoms with Gasteiger partial charge in [-0.1, -0.05) is 13.3 Å². The summed E-state index contributed by atoms with van der Waals surface area (Å²) in [4.78, 5) is 7.00. The second-order valence-corrected chi connectivity index (χ2v) is 7.29. The SMILES string of the molecule is CCCCN(CCOC)Cc1sc(N)nc1-c1cc(F)cc(C(F)(F)F)c1. The van der Waals surface area contributed by atoms with Crippen LogP contribution in [0.3, 0.4) is 0 Å². The third kappa shape index (κ3) is 6.15. The van der Waals surface area contributed by atoms with Gasteiger partial charge in [0.25, 0.3) is 0 Å². The summed E-state index contributed by atoms with van der Waals surface area (Å²) in [7, 11) is 1.61. The van der Waals surface area contributed by atoms with Crippen LogP contribution in [0.2, 0.25) is 0 Å². The van der Waals surface area contributed by atoms with Gasteiger partial charge >= 0.3 is 6.18 Å². The Bertz CT molecular complexity index is 741. The number of nitrogen functional groups attached to an aromatic ring is 1. The van der Waals surface area contributed by atoms with Crippen molar-refractivity contribution in [1.82, 2.24) is 9.88 Å². The summed E-state index contributed by atoms with van der Waals surface area (Å²) < 4.78 is 58.0. The number of rotatable bonds is 9. The highest BCUT2D eigenvalue weighted by atomic mass is 32.1. The third-order valence-electron chi connectivity index (χ3n) is 4.02. The number of methoxy groups -OCH3 is 1. The molecule has 1 aromatic carbocycles. The van der Waals surface area contributed by atoms with Gasteiger partial charge in [-0.05, 0) is 31.2 Å². The molecule has 2 aromatic rings. The Morgan fingerprint density at radius 1 is 1.22 bits per heavy atom. The van der Waals surface area contributed by atoms with Gasteiger partial charge in [0.05, 0.1) is 17.9 Å². The topological polar surface area (TPSA) is 51.4 Å². The van der Waals surface area contributed by atoms with Gasteiger partial charge in [-0.25, -0.2) is 9.37 Å². The smallest absolute Gasteiger partial charge is 0.383 e. The molecule has 0 spiro atoms. The Kier molecular flexibility index (Phi) is 7.58. The number of hydrogen-bond acceptors (Lipinski definition) is 5. The van der Waals surface area contributed by atoms with Gasteiger partial charge in [-0.3, -0.25) is 4.90 Å². The first-order chi connectivity index (χ1) is 12.7. The van der Waals surface area contributed by atoms with Crippen LogP contribution in [0.5, 0.6) is 0 Å². The van der Waals surface area contributed by atoms with Crippen molar-refractivity contribution in [1.29, 1.82) is 0 Å². The summed E-state index contributed by atoms with van der Waals surface area (Å²) in [6.45, 7) is 4.56. The zero-order valence-electron chi connectivity index (χ0n) is 15.3. The van der Waals surface area contributed by atoms with Gasteiger partial charge in [0, 0.05) is 30.6 Å². The fourth-order valence-electron chi connectivity index (χ4n) is 2.67. The van der Waals surface area contributed by atoms with Crippen molar-refractivity contribution in [3.05, 3.63) is 34.5 Å². The molecule has 0 fully saturated rings. The minimum Gasteiger partial charge on any atom is -0.383 e. The van der Waals surface area contributed by atoms with Crippen LogP contribution in [0.1, 0.15) is 30.2 Å². The summed E-state index contributed by atoms with van der Waals surface area (Å²) in [5, 5.41) is 0.236. The highest BCUT2D eigenvalue weighted by molar-refractivity contribution is 7.15. The van der Waals surface area contributed by atoms with Gasteiger partial charge < -0.3 is 10.5 Å². The quantitative estimate of drug-likeness (QED) is 0.609. The fourth-order valence-corrected chi connectivity index (χ4v) is 3.56. The van der Waals surface area contributed by atoms with Gasteiger partial charge in [0.15, 0.2) is 5.13 Å². The Morgan fingerprint density at radius 3 is 2.59 bits per heavy atom. The average Bonchev–Trinajstić information content (AvgIpc) is 2.96. The van der Waals surface area contributed by atoms with E-state index in [1.807, 2.05) is 0 Å². The minimum absolute atomic E-state index is 0.0764. The molecule has 0 aliphatic heterocycles. The molecule has 0 amide bonds. The predicted molar refractivity (Wildman–Crippen MR) is 99.0 cm³/mol. The summed E-state index contributed by atoms with van der Waals surface area (Å²) in [5.41, 5.74) is 5.13. The molecule has 0 aliphatic rings. The van der Waals surface area contributed by atoms with Crippen LogP contribution in [0.4, 0.5) is 22.7 Å². The summed E-state index contributed by atoms with van der Waals surface area (Å²) in [5.74, 6) is -0.959. The lowest BCUT2D eigenvalue weighted by Gasteiger charge is -2.21. The van der Waals surface area contributed by atoms with Crippen LogP contribution in [-0.2, 0) is 17.5 Å². The molecular weight excluding hydrogens is 382 g/mol. The molecule has 0 unspecified atom stereocenters. The number of halogens is 4. The van der Waals surface area contributed by atoms with Crippen LogP contribution in [-0.4, -0.2) is 36.7 Å². The van der Waals surface area contributed by atoms with E-state index in [9.17, 15) is 17.6 Å². The molecule has 0 saturated carbocycles. The van der Waals surface area contributed by atoms with E-state index in [0.29, 0.717) is 36.3 Å². The number of ether oxygens (including phenoxy) is 1. The zero-order valence-corrected chi connectivity index (χ0v) is 16.1. The largest absolute Gasteiger partial charge is 0.416 e. The third-order valence-corrected chi connectivity index (χ3v) is 4.89. The molecule has 2 rings (SSSR count). The van der Waals surface area contributed by atoms with Crippen LogP contribution in [0.15, 0.2) is 18.2 Å². The zero-order chi connectivity index (χ0) is 20.0.